The van der Waals surface area contributed by atoms with E-state index in [9.17, 15) is 0 Å². The molecule has 5 heteroatoms. The summed E-state index contributed by atoms with van der Waals surface area (Å²) in [5.74, 6) is 1.37. The lowest BCUT2D eigenvalue weighted by atomic mass is 9.96. The first kappa shape index (κ1) is 13.2. The zero-order chi connectivity index (χ0) is 14.3. The summed E-state index contributed by atoms with van der Waals surface area (Å²) < 4.78 is 6.47. The van der Waals surface area contributed by atoms with Gasteiger partial charge in [0, 0.05) is 5.69 Å². The standard InChI is InChI=1S/C15H16BrN3O/c1-10-5-3-4-6-11(10)19-14(17)18-9-15(19,2)12-7-8-13(16)20-12/h3-8H,9H2,1-2H3,(H2,17,18). The topological polar surface area (TPSA) is 54.8 Å². The third-order valence-corrected chi connectivity index (χ3v) is 4.16. The Labute approximate surface area is 126 Å². The van der Waals surface area contributed by atoms with E-state index in [0.29, 0.717) is 17.2 Å². The molecule has 0 aliphatic carbocycles. The molecule has 0 fully saturated rings. The Kier molecular flexibility index (Phi) is 3.09. The predicted octanol–water partition coefficient (Wildman–Crippen LogP) is 3.40. The molecule has 2 heterocycles. The van der Waals surface area contributed by atoms with Crippen LogP contribution in [0.4, 0.5) is 5.69 Å². The zero-order valence-electron chi connectivity index (χ0n) is 11.4. The Morgan fingerprint density at radius 2 is 2.05 bits per heavy atom. The van der Waals surface area contributed by atoms with E-state index in [1.54, 1.807) is 0 Å². The molecule has 1 aliphatic rings. The zero-order valence-corrected chi connectivity index (χ0v) is 13.0. The van der Waals surface area contributed by atoms with Gasteiger partial charge in [-0.15, -0.1) is 0 Å². The highest BCUT2D eigenvalue weighted by atomic mass is 79.9. The minimum atomic E-state index is -0.401. The minimum Gasteiger partial charge on any atom is -0.452 e. The second-order valence-corrected chi connectivity index (χ2v) is 5.96. The number of hydrogen-bond acceptors (Lipinski definition) is 4. The van der Waals surface area contributed by atoms with Crippen LogP contribution < -0.4 is 10.6 Å². The van der Waals surface area contributed by atoms with Crippen LogP contribution in [0.1, 0.15) is 18.2 Å². The molecule has 1 aromatic heterocycles. The summed E-state index contributed by atoms with van der Waals surface area (Å²) in [4.78, 5) is 6.47. The largest absolute Gasteiger partial charge is 0.452 e. The fourth-order valence-corrected chi connectivity index (χ4v) is 2.93. The van der Waals surface area contributed by atoms with Crippen LogP contribution in [0.25, 0.3) is 0 Å². The molecule has 0 spiro atoms. The van der Waals surface area contributed by atoms with Gasteiger partial charge in [-0.25, -0.2) is 0 Å². The van der Waals surface area contributed by atoms with Crippen LogP contribution in [0.5, 0.6) is 0 Å². The number of rotatable bonds is 2. The number of hydrogen-bond donors (Lipinski definition) is 1. The number of benzene rings is 1. The van der Waals surface area contributed by atoms with Crippen molar-refractivity contribution < 1.29 is 4.42 Å². The summed E-state index contributed by atoms with van der Waals surface area (Å²) in [6.45, 7) is 4.74. The van der Waals surface area contributed by atoms with Gasteiger partial charge in [0.25, 0.3) is 0 Å². The van der Waals surface area contributed by atoms with Crippen molar-refractivity contribution in [2.45, 2.75) is 19.4 Å². The predicted molar refractivity (Wildman–Crippen MR) is 83.9 cm³/mol. The molecule has 3 rings (SSSR count). The van der Waals surface area contributed by atoms with Gasteiger partial charge in [0.2, 0.25) is 0 Å². The lowest BCUT2D eigenvalue weighted by molar-refractivity contribution is 0.378. The van der Waals surface area contributed by atoms with Gasteiger partial charge in [-0.1, -0.05) is 18.2 Å². The average Bonchev–Trinajstić information content (AvgIpc) is 2.97. The van der Waals surface area contributed by atoms with Gasteiger partial charge < -0.3 is 10.2 Å². The van der Waals surface area contributed by atoms with Crippen molar-refractivity contribution in [1.82, 2.24) is 0 Å². The monoisotopic (exact) mass is 333 g/mol. The van der Waals surface area contributed by atoms with E-state index < -0.39 is 5.54 Å². The minimum absolute atomic E-state index is 0.401. The SMILES string of the molecule is Cc1ccccc1N1C(N)=NCC1(C)c1ccc(Br)o1. The van der Waals surface area contributed by atoms with Crippen molar-refractivity contribution in [2.24, 2.45) is 10.7 Å². The second-order valence-electron chi connectivity index (χ2n) is 5.17. The smallest absolute Gasteiger partial charge is 0.196 e. The molecule has 0 saturated carbocycles. The Morgan fingerprint density at radius 3 is 2.70 bits per heavy atom. The van der Waals surface area contributed by atoms with Crippen LogP contribution in [-0.2, 0) is 5.54 Å². The molecular formula is C15H16BrN3O. The summed E-state index contributed by atoms with van der Waals surface area (Å²) in [6, 6.07) is 12.0. The number of halogens is 1. The Bertz CT molecular complexity index is 679. The molecule has 20 heavy (non-hydrogen) atoms. The molecule has 104 valence electrons. The van der Waals surface area contributed by atoms with Crippen molar-refractivity contribution >= 4 is 27.6 Å². The molecule has 1 aromatic carbocycles. The van der Waals surface area contributed by atoms with Gasteiger partial charge in [0.05, 0.1) is 6.54 Å². The highest BCUT2D eigenvalue weighted by Gasteiger charge is 2.43. The van der Waals surface area contributed by atoms with Crippen LogP contribution in [0.15, 0.2) is 50.5 Å². The van der Waals surface area contributed by atoms with E-state index in [0.717, 1.165) is 17.0 Å². The van der Waals surface area contributed by atoms with Gasteiger partial charge in [-0.3, -0.25) is 9.89 Å². The molecule has 2 N–H and O–H groups in total. The molecule has 4 nitrogen and oxygen atoms in total. The highest BCUT2D eigenvalue weighted by Crippen LogP contribution is 2.39. The van der Waals surface area contributed by atoms with E-state index in [1.807, 2.05) is 29.2 Å². The van der Waals surface area contributed by atoms with Crippen LogP contribution in [0.3, 0.4) is 0 Å². The molecule has 0 bridgehead atoms. The van der Waals surface area contributed by atoms with Crippen LogP contribution in [0.2, 0.25) is 0 Å². The Balaban J connectivity index is 2.11. The van der Waals surface area contributed by atoms with Gasteiger partial charge in [0.1, 0.15) is 11.3 Å². The molecular weight excluding hydrogens is 318 g/mol. The van der Waals surface area contributed by atoms with Crippen LogP contribution in [-0.4, -0.2) is 12.5 Å². The fourth-order valence-electron chi connectivity index (χ4n) is 2.62. The first-order chi connectivity index (χ1) is 9.52. The van der Waals surface area contributed by atoms with Gasteiger partial charge in [0.15, 0.2) is 10.6 Å². The molecule has 2 aromatic rings. The maximum atomic E-state index is 6.12. The number of aliphatic imine (C=N–C) groups is 1. The number of aryl methyl sites for hydroxylation is 1. The van der Waals surface area contributed by atoms with Crippen LogP contribution in [0, 0.1) is 6.92 Å². The highest BCUT2D eigenvalue weighted by molar-refractivity contribution is 9.10. The maximum absolute atomic E-state index is 6.12. The molecule has 1 atom stereocenters. The van der Waals surface area contributed by atoms with Gasteiger partial charge >= 0.3 is 0 Å². The summed E-state index contributed by atoms with van der Waals surface area (Å²) in [7, 11) is 0. The third-order valence-electron chi connectivity index (χ3n) is 3.73. The quantitative estimate of drug-likeness (QED) is 0.916. The lowest BCUT2D eigenvalue weighted by Crippen LogP contribution is -2.47. The van der Waals surface area contributed by atoms with Gasteiger partial charge in [-0.2, -0.15) is 0 Å². The van der Waals surface area contributed by atoms with Crippen molar-refractivity contribution in [3.8, 4) is 0 Å². The molecule has 0 amide bonds. The van der Waals surface area contributed by atoms with E-state index in [4.69, 9.17) is 10.2 Å². The van der Waals surface area contributed by atoms with Crippen molar-refractivity contribution in [2.75, 3.05) is 11.4 Å². The number of guanidine groups is 1. The van der Waals surface area contributed by atoms with E-state index in [-0.39, 0.29) is 0 Å². The average molecular weight is 334 g/mol. The van der Waals surface area contributed by atoms with Crippen molar-refractivity contribution in [1.29, 1.82) is 0 Å². The number of nitrogens with two attached hydrogens (primary N) is 1. The lowest BCUT2D eigenvalue weighted by Gasteiger charge is -2.35. The Morgan fingerprint density at radius 1 is 1.30 bits per heavy atom. The number of nitrogens with zero attached hydrogens (tertiary/aromatic N) is 2. The normalized spacial score (nSPS) is 22.1. The van der Waals surface area contributed by atoms with E-state index >= 15 is 0 Å². The van der Waals surface area contributed by atoms with Crippen molar-refractivity contribution in [3.05, 3.63) is 52.4 Å². The summed E-state index contributed by atoms with van der Waals surface area (Å²) in [5, 5.41) is 0. The van der Waals surface area contributed by atoms with E-state index in [2.05, 4.69) is 46.9 Å². The summed E-state index contributed by atoms with van der Waals surface area (Å²) >= 11 is 3.36. The summed E-state index contributed by atoms with van der Waals surface area (Å²) in [6.07, 6.45) is 0. The molecule has 1 unspecified atom stereocenters. The maximum Gasteiger partial charge on any atom is 0.196 e. The first-order valence-corrected chi connectivity index (χ1v) is 7.23. The number of para-hydroxylation sites is 1. The van der Waals surface area contributed by atoms with Crippen molar-refractivity contribution in [3.63, 3.8) is 0 Å². The Hall–Kier alpha value is -1.75. The number of anilines is 1. The molecule has 1 aliphatic heterocycles. The van der Waals surface area contributed by atoms with Crippen LogP contribution >= 0.6 is 15.9 Å². The fraction of sp³-hybridized carbons (Fsp3) is 0.267. The van der Waals surface area contributed by atoms with E-state index in [1.165, 1.54) is 0 Å². The first-order valence-electron chi connectivity index (χ1n) is 6.44. The number of furan rings is 1. The summed E-state index contributed by atoms with van der Waals surface area (Å²) in [5.41, 5.74) is 7.94. The van der Waals surface area contributed by atoms with Gasteiger partial charge in [-0.05, 0) is 53.5 Å². The molecule has 0 radical (unpaired) electrons. The third kappa shape index (κ3) is 1.93. The second kappa shape index (κ2) is 4.66. The molecule has 0 saturated heterocycles.